The van der Waals surface area contributed by atoms with Gasteiger partial charge in [-0.3, -0.25) is 4.79 Å². The minimum Gasteiger partial charge on any atom is -0.494 e. The van der Waals surface area contributed by atoms with Crippen molar-refractivity contribution in [3.05, 3.63) is 100 Å². The number of pyridine rings is 1. The zero-order valence-electron chi connectivity index (χ0n) is 25.8. The van der Waals surface area contributed by atoms with Gasteiger partial charge in [0.25, 0.3) is 5.91 Å². The van der Waals surface area contributed by atoms with E-state index in [1.165, 1.54) is 51.3 Å². The van der Waals surface area contributed by atoms with E-state index in [1.54, 1.807) is 18.2 Å². The minimum absolute atomic E-state index is 0.0255. The molecule has 256 valence electrons. The number of methoxy groups -OCH3 is 1. The third kappa shape index (κ3) is 6.20. The Labute approximate surface area is 279 Å². The highest BCUT2D eigenvalue weighted by Gasteiger charge is 2.45. The summed E-state index contributed by atoms with van der Waals surface area (Å²) in [4.78, 5) is 17.9. The van der Waals surface area contributed by atoms with Gasteiger partial charge in [0.15, 0.2) is 17.3 Å². The van der Waals surface area contributed by atoms with Gasteiger partial charge >= 0.3 is 12.8 Å². The molecule has 0 spiro atoms. The first kappa shape index (κ1) is 33.9. The van der Waals surface area contributed by atoms with Crippen LogP contribution in [-0.4, -0.2) is 50.8 Å². The normalized spacial score (nSPS) is 15.0. The van der Waals surface area contributed by atoms with Gasteiger partial charge in [-0.05, 0) is 49.7 Å². The molecular formula is C33H26ClF5N4O6. The zero-order valence-corrected chi connectivity index (χ0v) is 26.5. The SMILES string of the molecule is COc1cc(C(=O)NC[C@@](O)(c2ccccc2)c2cc(C(C)(C)O)c(F)c(-c3ccc4c(c3Cl)OC(F)(F)O4)n2)cc2cn(C(F)F)nc12. The van der Waals surface area contributed by atoms with Crippen molar-refractivity contribution in [3.8, 4) is 28.5 Å². The summed E-state index contributed by atoms with van der Waals surface area (Å²) in [7, 11) is 1.28. The lowest BCUT2D eigenvalue weighted by molar-refractivity contribution is -0.286. The molecule has 1 aliphatic rings. The molecule has 0 saturated heterocycles. The highest BCUT2D eigenvalue weighted by Crippen LogP contribution is 2.50. The summed E-state index contributed by atoms with van der Waals surface area (Å²) >= 11 is 6.41. The molecule has 49 heavy (non-hydrogen) atoms. The van der Waals surface area contributed by atoms with Crippen molar-refractivity contribution in [1.29, 1.82) is 0 Å². The number of hydrogen-bond donors (Lipinski definition) is 3. The standard InChI is InChI=1S/C33H26ClF5N4O6/c1-31(2,45)20-13-23(41-27(25(20)35)19-9-10-21-28(24(19)34)49-33(38,39)48-21)32(46,18-7-5-4-6-8-18)15-40-29(44)16-11-17-14-43(30(36)37)42-26(17)22(12-16)47-3/h4-14,30,45-46H,15H2,1-3H3,(H,40,44)/t32-/m1/s1. The van der Waals surface area contributed by atoms with Gasteiger partial charge in [-0.25, -0.2) is 14.1 Å². The highest BCUT2D eigenvalue weighted by atomic mass is 35.5. The number of carbonyl (C=O) groups is 1. The van der Waals surface area contributed by atoms with E-state index in [2.05, 4.69) is 24.9 Å². The molecule has 2 aromatic heterocycles. The highest BCUT2D eigenvalue weighted by molar-refractivity contribution is 6.35. The van der Waals surface area contributed by atoms with Gasteiger partial charge in [-0.2, -0.15) is 13.9 Å². The zero-order chi connectivity index (χ0) is 35.5. The van der Waals surface area contributed by atoms with E-state index in [0.29, 0.717) is 4.68 Å². The Kier molecular flexibility index (Phi) is 8.41. The summed E-state index contributed by atoms with van der Waals surface area (Å²) in [5.74, 6) is -2.77. The van der Waals surface area contributed by atoms with Crippen molar-refractivity contribution in [2.45, 2.75) is 37.9 Å². The van der Waals surface area contributed by atoms with Crippen molar-refractivity contribution in [2.75, 3.05) is 13.7 Å². The lowest BCUT2D eigenvalue weighted by atomic mass is 9.86. The average Bonchev–Trinajstić information content (AvgIpc) is 3.64. The first-order valence-corrected chi connectivity index (χ1v) is 14.8. The number of rotatable bonds is 9. The fraction of sp³-hybridized carbons (Fsp3) is 0.242. The summed E-state index contributed by atoms with van der Waals surface area (Å²) in [5, 5.41) is 29.4. The summed E-state index contributed by atoms with van der Waals surface area (Å²) in [6.07, 6.45) is -2.98. The second-order valence-electron chi connectivity index (χ2n) is 11.6. The molecule has 0 radical (unpaired) electrons. The minimum atomic E-state index is -4.03. The van der Waals surface area contributed by atoms with Crippen molar-refractivity contribution in [1.82, 2.24) is 20.1 Å². The third-order valence-corrected chi connectivity index (χ3v) is 8.21. The van der Waals surface area contributed by atoms with Crippen LogP contribution in [0.15, 0.2) is 66.9 Å². The lowest BCUT2D eigenvalue weighted by Crippen LogP contribution is -2.42. The largest absolute Gasteiger partial charge is 0.586 e. The monoisotopic (exact) mass is 704 g/mol. The van der Waals surface area contributed by atoms with Gasteiger partial charge in [-0.15, -0.1) is 8.78 Å². The molecule has 5 aromatic rings. The Morgan fingerprint density at radius 1 is 1.10 bits per heavy atom. The molecule has 0 bridgehead atoms. The summed E-state index contributed by atoms with van der Waals surface area (Å²) in [6.45, 7) is -0.962. The Balaban J connectivity index is 1.45. The number of benzene rings is 3. The molecule has 0 fully saturated rings. The van der Waals surface area contributed by atoms with Crippen molar-refractivity contribution in [2.24, 2.45) is 0 Å². The maximum Gasteiger partial charge on any atom is 0.586 e. The first-order valence-electron chi connectivity index (χ1n) is 14.5. The lowest BCUT2D eigenvalue weighted by Gasteiger charge is -2.31. The number of ether oxygens (including phenoxy) is 3. The molecule has 1 atom stereocenters. The predicted octanol–water partition coefficient (Wildman–Crippen LogP) is 6.51. The fourth-order valence-electron chi connectivity index (χ4n) is 5.40. The number of halogens is 6. The quantitative estimate of drug-likeness (QED) is 0.148. The Morgan fingerprint density at radius 3 is 2.47 bits per heavy atom. The van der Waals surface area contributed by atoms with Crippen LogP contribution in [0.5, 0.6) is 17.2 Å². The summed E-state index contributed by atoms with van der Waals surface area (Å²) in [6, 6.07) is 13.8. The third-order valence-electron chi connectivity index (χ3n) is 7.84. The van der Waals surface area contributed by atoms with Gasteiger partial charge in [0, 0.05) is 28.3 Å². The van der Waals surface area contributed by atoms with Crippen LogP contribution in [0.3, 0.4) is 0 Å². The van der Waals surface area contributed by atoms with Crippen LogP contribution in [0, 0.1) is 5.82 Å². The van der Waals surface area contributed by atoms with Gasteiger partial charge < -0.3 is 29.7 Å². The smallest absolute Gasteiger partial charge is 0.494 e. The van der Waals surface area contributed by atoms with Crippen LogP contribution in [-0.2, 0) is 11.2 Å². The van der Waals surface area contributed by atoms with Crippen LogP contribution in [0.4, 0.5) is 22.0 Å². The van der Waals surface area contributed by atoms with E-state index in [4.69, 9.17) is 16.3 Å². The van der Waals surface area contributed by atoms with Gasteiger partial charge in [0.1, 0.15) is 22.6 Å². The topological polar surface area (TPSA) is 128 Å². The van der Waals surface area contributed by atoms with Gasteiger partial charge in [0.05, 0.1) is 30.0 Å². The number of aliphatic hydroxyl groups is 2. The summed E-state index contributed by atoms with van der Waals surface area (Å²) < 4.78 is 85.1. The number of carbonyl (C=O) groups excluding carboxylic acids is 1. The van der Waals surface area contributed by atoms with Crippen molar-refractivity contribution in [3.63, 3.8) is 0 Å². The van der Waals surface area contributed by atoms with Crippen LogP contribution in [0.1, 0.15) is 47.6 Å². The molecule has 3 N–H and O–H groups in total. The molecule has 0 saturated carbocycles. The molecule has 10 nitrogen and oxygen atoms in total. The number of amides is 1. The average molecular weight is 705 g/mol. The second kappa shape index (κ2) is 12.2. The molecule has 3 aromatic carbocycles. The van der Waals surface area contributed by atoms with E-state index >= 15 is 4.39 Å². The van der Waals surface area contributed by atoms with Crippen LogP contribution in [0.25, 0.3) is 22.2 Å². The Bertz CT molecular complexity index is 2090. The summed E-state index contributed by atoms with van der Waals surface area (Å²) in [5.41, 5.74) is -5.22. The van der Waals surface area contributed by atoms with Crippen LogP contribution >= 0.6 is 11.6 Å². The molecule has 1 aliphatic heterocycles. The molecule has 1 amide bonds. The van der Waals surface area contributed by atoms with E-state index < -0.39 is 64.5 Å². The van der Waals surface area contributed by atoms with Crippen molar-refractivity contribution >= 4 is 28.4 Å². The second-order valence-corrected chi connectivity index (χ2v) is 12.0. The van der Waals surface area contributed by atoms with E-state index in [0.717, 1.165) is 18.3 Å². The number of nitrogens with zero attached hydrogens (tertiary/aromatic N) is 3. The number of nitrogens with one attached hydrogen (secondary N) is 1. The molecular weight excluding hydrogens is 679 g/mol. The first-order chi connectivity index (χ1) is 23.0. The number of hydrogen-bond acceptors (Lipinski definition) is 8. The molecule has 6 rings (SSSR count). The van der Waals surface area contributed by atoms with Gasteiger partial charge in [-0.1, -0.05) is 41.9 Å². The molecule has 16 heteroatoms. The van der Waals surface area contributed by atoms with Crippen molar-refractivity contribution < 1.29 is 51.2 Å². The number of aromatic nitrogens is 3. The van der Waals surface area contributed by atoms with Crippen LogP contribution < -0.4 is 19.5 Å². The Morgan fingerprint density at radius 2 is 1.82 bits per heavy atom. The van der Waals surface area contributed by atoms with E-state index in [-0.39, 0.29) is 44.6 Å². The molecule has 0 aliphatic carbocycles. The van der Waals surface area contributed by atoms with Gasteiger partial charge in [0.2, 0.25) is 0 Å². The predicted molar refractivity (Wildman–Crippen MR) is 165 cm³/mol. The fourth-order valence-corrected chi connectivity index (χ4v) is 5.69. The Hall–Kier alpha value is -4.99. The number of fused-ring (bicyclic) bond motifs is 2. The molecule has 0 unspecified atom stereocenters. The number of alkyl halides is 4. The van der Waals surface area contributed by atoms with E-state index in [9.17, 15) is 32.6 Å². The maximum atomic E-state index is 16.2. The molecule has 3 heterocycles. The maximum absolute atomic E-state index is 16.2. The van der Waals surface area contributed by atoms with E-state index in [1.807, 2.05) is 0 Å². The van der Waals surface area contributed by atoms with Crippen LogP contribution in [0.2, 0.25) is 5.02 Å².